The summed E-state index contributed by atoms with van der Waals surface area (Å²) in [6.07, 6.45) is 6.95. The predicted molar refractivity (Wildman–Crippen MR) is 66.9 cm³/mol. The Morgan fingerprint density at radius 2 is 1.59 bits per heavy atom. The van der Waals surface area contributed by atoms with Crippen LogP contribution in [0.25, 0.3) is 0 Å². The highest BCUT2D eigenvalue weighted by Gasteiger charge is 2.42. The summed E-state index contributed by atoms with van der Waals surface area (Å²) in [4.78, 5) is 0. The molecular weight excluding hydrogens is 236 g/mol. The van der Waals surface area contributed by atoms with Gasteiger partial charge in [-0.1, -0.05) is 6.42 Å². The highest BCUT2D eigenvalue weighted by molar-refractivity contribution is 7.90. The van der Waals surface area contributed by atoms with Gasteiger partial charge in [0.05, 0.1) is 5.25 Å². The Hall–Kier alpha value is -0.130. The molecule has 0 saturated heterocycles. The lowest BCUT2D eigenvalue weighted by Gasteiger charge is -2.27. The van der Waals surface area contributed by atoms with Gasteiger partial charge in [-0.05, 0) is 50.4 Å². The molecule has 17 heavy (non-hydrogen) atoms. The predicted octanol–water partition coefficient (Wildman–Crippen LogP) is 0.974. The second-order valence-corrected chi connectivity index (χ2v) is 8.13. The SMILES string of the molecule is NC1CC2CC(NS(=O)(=O)C3CCC3)CC2C1. The molecule has 0 bridgehead atoms. The van der Waals surface area contributed by atoms with Gasteiger partial charge in [0.1, 0.15) is 0 Å². The third kappa shape index (κ3) is 2.25. The van der Waals surface area contributed by atoms with Crippen molar-refractivity contribution < 1.29 is 8.42 Å². The first-order valence-electron chi connectivity index (χ1n) is 6.81. The number of fused-ring (bicyclic) bond motifs is 1. The zero-order valence-electron chi connectivity index (χ0n) is 10.1. The normalized spacial score (nSPS) is 42.4. The molecule has 0 aliphatic heterocycles. The summed E-state index contributed by atoms with van der Waals surface area (Å²) < 4.78 is 27.0. The second-order valence-electron chi connectivity index (χ2n) is 6.14. The maximum absolute atomic E-state index is 12.0. The van der Waals surface area contributed by atoms with Gasteiger partial charge in [-0.2, -0.15) is 0 Å². The van der Waals surface area contributed by atoms with Gasteiger partial charge >= 0.3 is 0 Å². The van der Waals surface area contributed by atoms with E-state index >= 15 is 0 Å². The Morgan fingerprint density at radius 3 is 2.06 bits per heavy atom. The maximum atomic E-state index is 12.0. The van der Waals surface area contributed by atoms with E-state index in [0.29, 0.717) is 17.9 Å². The van der Waals surface area contributed by atoms with Gasteiger partial charge in [-0.25, -0.2) is 13.1 Å². The minimum Gasteiger partial charge on any atom is -0.328 e. The summed E-state index contributed by atoms with van der Waals surface area (Å²) in [5, 5.41) is -0.106. The number of nitrogens with one attached hydrogen (secondary N) is 1. The van der Waals surface area contributed by atoms with Crippen LogP contribution in [0.2, 0.25) is 0 Å². The van der Waals surface area contributed by atoms with Crippen LogP contribution in [0, 0.1) is 11.8 Å². The Labute approximate surface area is 103 Å². The molecule has 0 spiro atoms. The van der Waals surface area contributed by atoms with E-state index in [2.05, 4.69) is 4.72 Å². The minimum atomic E-state index is -3.03. The van der Waals surface area contributed by atoms with Crippen molar-refractivity contribution in [1.29, 1.82) is 0 Å². The van der Waals surface area contributed by atoms with Crippen LogP contribution in [-0.4, -0.2) is 25.8 Å². The van der Waals surface area contributed by atoms with E-state index in [4.69, 9.17) is 5.73 Å². The van der Waals surface area contributed by atoms with Crippen LogP contribution in [-0.2, 0) is 10.0 Å². The molecule has 2 atom stereocenters. The zero-order chi connectivity index (χ0) is 12.0. The Morgan fingerprint density at radius 1 is 1.00 bits per heavy atom. The molecule has 3 fully saturated rings. The van der Waals surface area contributed by atoms with Crippen LogP contribution in [0.3, 0.4) is 0 Å². The summed E-state index contributed by atoms with van der Waals surface area (Å²) in [6, 6.07) is 0.539. The molecule has 0 aromatic heterocycles. The van der Waals surface area contributed by atoms with Gasteiger partial charge in [0.25, 0.3) is 0 Å². The van der Waals surface area contributed by atoms with Crippen molar-refractivity contribution in [2.24, 2.45) is 17.6 Å². The van der Waals surface area contributed by atoms with Crippen LogP contribution in [0.5, 0.6) is 0 Å². The van der Waals surface area contributed by atoms with Crippen molar-refractivity contribution in [3.63, 3.8) is 0 Å². The molecule has 0 radical (unpaired) electrons. The molecule has 0 amide bonds. The van der Waals surface area contributed by atoms with Gasteiger partial charge < -0.3 is 5.73 Å². The molecule has 2 unspecified atom stereocenters. The van der Waals surface area contributed by atoms with Crippen LogP contribution in [0.4, 0.5) is 0 Å². The first kappa shape index (κ1) is 11.9. The van der Waals surface area contributed by atoms with Crippen molar-refractivity contribution in [2.45, 2.75) is 62.3 Å². The molecule has 0 aromatic rings. The third-order valence-corrected chi connectivity index (χ3v) is 6.89. The average Bonchev–Trinajstić information content (AvgIpc) is 2.54. The molecule has 3 saturated carbocycles. The van der Waals surface area contributed by atoms with Crippen molar-refractivity contribution in [2.75, 3.05) is 0 Å². The number of nitrogens with two attached hydrogens (primary N) is 1. The average molecular weight is 258 g/mol. The highest BCUT2D eigenvalue weighted by Crippen LogP contribution is 2.43. The fourth-order valence-corrected chi connectivity index (χ4v) is 5.57. The van der Waals surface area contributed by atoms with Crippen molar-refractivity contribution in [1.82, 2.24) is 4.72 Å². The minimum absolute atomic E-state index is 0.106. The van der Waals surface area contributed by atoms with Gasteiger partial charge in [0.15, 0.2) is 0 Å². The van der Waals surface area contributed by atoms with Crippen molar-refractivity contribution in [3.8, 4) is 0 Å². The largest absolute Gasteiger partial charge is 0.328 e. The lowest BCUT2D eigenvalue weighted by Crippen LogP contribution is -2.43. The summed E-state index contributed by atoms with van der Waals surface area (Å²) in [5.41, 5.74) is 5.94. The molecule has 3 N–H and O–H groups in total. The molecule has 3 rings (SSSR count). The Kier molecular flexibility index (Phi) is 2.96. The monoisotopic (exact) mass is 258 g/mol. The topological polar surface area (TPSA) is 72.2 Å². The van der Waals surface area contributed by atoms with E-state index < -0.39 is 10.0 Å². The van der Waals surface area contributed by atoms with Gasteiger partial charge in [-0.15, -0.1) is 0 Å². The zero-order valence-corrected chi connectivity index (χ0v) is 11.0. The fraction of sp³-hybridized carbons (Fsp3) is 1.00. The molecule has 3 aliphatic rings. The van der Waals surface area contributed by atoms with Crippen LogP contribution >= 0.6 is 0 Å². The Bertz CT molecular complexity index is 377. The molecule has 4 nitrogen and oxygen atoms in total. The quantitative estimate of drug-likeness (QED) is 0.792. The summed E-state index contributed by atoms with van der Waals surface area (Å²) >= 11 is 0. The van der Waals surface area contributed by atoms with Crippen LogP contribution in [0.15, 0.2) is 0 Å². The van der Waals surface area contributed by atoms with E-state index in [1.165, 1.54) is 0 Å². The molecule has 0 aromatic carbocycles. The molecule has 3 aliphatic carbocycles. The first-order chi connectivity index (χ1) is 8.04. The lowest BCUT2D eigenvalue weighted by atomic mass is 10.0. The van der Waals surface area contributed by atoms with E-state index in [0.717, 1.165) is 44.9 Å². The van der Waals surface area contributed by atoms with E-state index in [1.54, 1.807) is 0 Å². The summed E-state index contributed by atoms with van der Waals surface area (Å²) in [5.74, 6) is 1.33. The lowest BCUT2D eigenvalue weighted by molar-refractivity contribution is 0.453. The second kappa shape index (κ2) is 4.21. The Balaban J connectivity index is 1.58. The van der Waals surface area contributed by atoms with Crippen LogP contribution < -0.4 is 10.5 Å². The van der Waals surface area contributed by atoms with Gasteiger partial charge in [0.2, 0.25) is 10.0 Å². The smallest absolute Gasteiger partial charge is 0.214 e. The molecule has 5 heteroatoms. The molecular formula is C12H22N2O2S. The third-order valence-electron chi connectivity index (χ3n) is 4.87. The van der Waals surface area contributed by atoms with Crippen molar-refractivity contribution in [3.05, 3.63) is 0 Å². The van der Waals surface area contributed by atoms with E-state index in [9.17, 15) is 8.42 Å². The molecule has 0 heterocycles. The van der Waals surface area contributed by atoms with Crippen LogP contribution in [0.1, 0.15) is 44.9 Å². The number of hydrogen-bond acceptors (Lipinski definition) is 3. The molecule has 98 valence electrons. The number of rotatable bonds is 3. The number of hydrogen-bond donors (Lipinski definition) is 2. The van der Waals surface area contributed by atoms with Gasteiger partial charge in [-0.3, -0.25) is 0 Å². The van der Waals surface area contributed by atoms with E-state index in [1.807, 2.05) is 0 Å². The number of sulfonamides is 1. The summed E-state index contributed by atoms with van der Waals surface area (Å²) in [6.45, 7) is 0. The fourth-order valence-electron chi connectivity index (χ4n) is 3.77. The van der Waals surface area contributed by atoms with Crippen molar-refractivity contribution >= 4 is 10.0 Å². The summed E-state index contributed by atoms with van der Waals surface area (Å²) in [7, 11) is -3.03. The first-order valence-corrected chi connectivity index (χ1v) is 8.36. The highest BCUT2D eigenvalue weighted by atomic mass is 32.2. The standard InChI is InChI=1S/C12H22N2O2S/c13-10-4-8-6-11(7-9(8)5-10)14-17(15,16)12-2-1-3-12/h8-12,14H,1-7,13H2. The van der Waals surface area contributed by atoms with E-state index in [-0.39, 0.29) is 11.3 Å². The maximum Gasteiger partial charge on any atom is 0.214 e. The van der Waals surface area contributed by atoms with Gasteiger partial charge in [0, 0.05) is 12.1 Å².